The molecule has 108 valence electrons. The molecule has 0 unspecified atom stereocenters. The molecule has 0 spiro atoms. The van der Waals surface area contributed by atoms with Gasteiger partial charge in [-0.05, 0) is 6.07 Å². The molecular weight excluding hydrogens is 290 g/mol. The molecule has 0 heterocycles. The summed E-state index contributed by atoms with van der Waals surface area (Å²) in [7, 11) is 0. The summed E-state index contributed by atoms with van der Waals surface area (Å²) >= 11 is 5.54. The van der Waals surface area contributed by atoms with Crippen LogP contribution in [-0.4, -0.2) is 31.0 Å². The molecule has 1 rings (SSSR count). The molecule has 0 aliphatic heterocycles. The third-order valence-corrected chi connectivity index (χ3v) is 2.68. The number of hydrogen-bond acceptors (Lipinski definition) is 4. The zero-order valence-electron chi connectivity index (χ0n) is 9.64. The Balaban J connectivity index is 3.26. The Labute approximate surface area is 111 Å². The van der Waals surface area contributed by atoms with Gasteiger partial charge in [0.1, 0.15) is 11.6 Å². The Kier molecular flexibility index (Phi) is 4.70. The summed E-state index contributed by atoms with van der Waals surface area (Å²) in [6, 6.07) is 1.07. The summed E-state index contributed by atoms with van der Waals surface area (Å²) in [5.41, 5.74) is 9.85. The van der Waals surface area contributed by atoms with Crippen LogP contribution in [0.15, 0.2) is 6.07 Å². The number of benzene rings is 1. The lowest BCUT2D eigenvalue weighted by molar-refractivity contribution is -0.119. The lowest BCUT2D eigenvalue weighted by Gasteiger charge is -2.27. The number of hydrogen-bond donors (Lipinski definition) is 3. The van der Waals surface area contributed by atoms with Crippen LogP contribution < -0.4 is 16.4 Å². The van der Waals surface area contributed by atoms with Gasteiger partial charge in [0, 0.05) is 6.54 Å². The Bertz CT molecular complexity index is 467. The summed E-state index contributed by atoms with van der Waals surface area (Å²) in [6.45, 7) is -2.51. The maximum absolute atomic E-state index is 13.9. The summed E-state index contributed by atoms with van der Waals surface area (Å²) in [5, 5.41) is 8.27. The summed E-state index contributed by atoms with van der Waals surface area (Å²) in [6.07, 6.45) is -4.58. The van der Waals surface area contributed by atoms with Gasteiger partial charge in [0.2, 0.25) is 0 Å². The van der Waals surface area contributed by atoms with Crippen molar-refractivity contribution in [2.24, 2.45) is 0 Å². The van der Waals surface area contributed by atoms with Crippen LogP contribution in [0.3, 0.4) is 0 Å². The van der Waals surface area contributed by atoms with Crippen LogP contribution in [0.2, 0.25) is 5.02 Å². The molecule has 0 aliphatic rings. The fourth-order valence-corrected chi connectivity index (χ4v) is 1.73. The molecule has 0 fully saturated rings. The number of alkyl halides is 3. The van der Waals surface area contributed by atoms with Gasteiger partial charge in [0.05, 0.1) is 23.7 Å². The van der Waals surface area contributed by atoms with Gasteiger partial charge in [-0.25, -0.2) is 4.39 Å². The number of nitrogens with two attached hydrogens (primary N) is 2. The van der Waals surface area contributed by atoms with Crippen molar-refractivity contribution in [1.29, 1.82) is 0 Å². The standard InChI is InChI=1S/C10H12ClF4N3O/c11-7-5(16)3-6(17)9(8(7)12)18(1-2-19)4-10(13,14)15/h3,19H,1-2,4,16-17H2. The first-order valence-electron chi connectivity index (χ1n) is 5.13. The van der Waals surface area contributed by atoms with E-state index in [4.69, 9.17) is 28.2 Å². The Hall–Kier alpha value is -1.41. The van der Waals surface area contributed by atoms with Gasteiger partial charge in [-0.15, -0.1) is 0 Å². The number of aliphatic hydroxyl groups excluding tert-OH is 1. The normalized spacial score (nSPS) is 11.7. The lowest BCUT2D eigenvalue weighted by Crippen LogP contribution is -2.37. The van der Waals surface area contributed by atoms with E-state index in [-0.39, 0.29) is 11.4 Å². The van der Waals surface area contributed by atoms with Crippen LogP contribution >= 0.6 is 11.6 Å². The zero-order chi connectivity index (χ0) is 14.8. The molecule has 19 heavy (non-hydrogen) atoms. The Morgan fingerprint density at radius 2 is 1.84 bits per heavy atom. The van der Waals surface area contributed by atoms with Gasteiger partial charge >= 0.3 is 6.18 Å². The SMILES string of the molecule is Nc1cc(N)c(N(CCO)CC(F)(F)F)c(F)c1Cl. The van der Waals surface area contributed by atoms with E-state index in [1.54, 1.807) is 0 Å². The Morgan fingerprint density at radius 1 is 1.26 bits per heavy atom. The maximum Gasteiger partial charge on any atom is 0.405 e. The van der Waals surface area contributed by atoms with Crippen molar-refractivity contribution in [3.63, 3.8) is 0 Å². The van der Waals surface area contributed by atoms with E-state index in [9.17, 15) is 17.6 Å². The first-order valence-corrected chi connectivity index (χ1v) is 5.50. The monoisotopic (exact) mass is 301 g/mol. The maximum atomic E-state index is 13.9. The molecule has 0 amide bonds. The first kappa shape index (κ1) is 15.6. The number of anilines is 3. The average molecular weight is 302 g/mol. The van der Waals surface area contributed by atoms with Crippen molar-refractivity contribution >= 4 is 28.7 Å². The van der Waals surface area contributed by atoms with Gasteiger partial charge in [0.25, 0.3) is 0 Å². The molecule has 0 saturated carbocycles. The van der Waals surface area contributed by atoms with Crippen molar-refractivity contribution in [2.75, 3.05) is 36.1 Å². The molecule has 9 heteroatoms. The van der Waals surface area contributed by atoms with Crippen LogP contribution in [-0.2, 0) is 0 Å². The van der Waals surface area contributed by atoms with E-state index in [1.165, 1.54) is 0 Å². The molecule has 0 aromatic heterocycles. The molecule has 0 saturated heterocycles. The Morgan fingerprint density at radius 3 is 2.32 bits per heavy atom. The summed E-state index contributed by atoms with van der Waals surface area (Å²) in [4.78, 5) is 0.565. The highest BCUT2D eigenvalue weighted by Crippen LogP contribution is 2.37. The predicted molar refractivity (Wildman–Crippen MR) is 65.6 cm³/mol. The van der Waals surface area contributed by atoms with Gasteiger partial charge in [-0.1, -0.05) is 11.6 Å². The minimum absolute atomic E-state index is 0.170. The molecule has 0 aliphatic carbocycles. The second-order valence-corrected chi connectivity index (χ2v) is 4.17. The highest BCUT2D eigenvalue weighted by molar-refractivity contribution is 6.33. The van der Waals surface area contributed by atoms with Crippen LogP contribution in [0.25, 0.3) is 0 Å². The van der Waals surface area contributed by atoms with Gasteiger partial charge in [0.15, 0.2) is 5.82 Å². The van der Waals surface area contributed by atoms with Crippen LogP contribution in [0.4, 0.5) is 34.6 Å². The van der Waals surface area contributed by atoms with Gasteiger partial charge in [-0.3, -0.25) is 0 Å². The molecule has 5 N–H and O–H groups in total. The molecule has 1 aromatic rings. The minimum Gasteiger partial charge on any atom is -0.397 e. The molecule has 0 bridgehead atoms. The third-order valence-electron chi connectivity index (χ3n) is 2.29. The van der Waals surface area contributed by atoms with E-state index in [1.807, 2.05) is 0 Å². The third kappa shape index (κ3) is 3.77. The van der Waals surface area contributed by atoms with E-state index < -0.39 is 42.4 Å². The van der Waals surface area contributed by atoms with Crippen molar-refractivity contribution in [3.05, 3.63) is 16.9 Å². The molecular formula is C10H12ClF4N3O. The van der Waals surface area contributed by atoms with Crippen LogP contribution in [0.1, 0.15) is 0 Å². The fourth-order valence-electron chi connectivity index (χ4n) is 1.59. The second kappa shape index (κ2) is 5.70. The number of rotatable bonds is 4. The van der Waals surface area contributed by atoms with E-state index in [2.05, 4.69) is 0 Å². The molecule has 0 radical (unpaired) electrons. The first-order chi connectivity index (χ1) is 8.67. The highest BCUT2D eigenvalue weighted by Gasteiger charge is 2.33. The highest BCUT2D eigenvalue weighted by atomic mass is 35.5. The number of nitrogen functional groups attached to an aromatic ring is 2. The van der Waals surface area contributed by atoms with Crippen molar-refractivity contribution in [2.45, 2.75) is 6.18 Å². The quantitative estimate of drug-likeness (QED) is 0.587. The second-order valence-electron chi connectivity index (χ2n) is 3.79. The van der Waals surface area contributed by atoms with E-state index in [0.717, 1.165) is 6.07 Å². The number of halogens is 5. The van der Waals surface area contributed by atoms with Crippen LogP contribution in [0, 0.1) is 5.82 Å². The van der Waals surface area contributed by atoms with Crippen molar-refractivity contribution < 1.29 is 22.7 Å². The zero-order valence-corrected chi connectivity index (χ0v) is 10.4. The number of aliphatic hydroxyl groups is 1. The van der Waals surface area contributed by atoms with Crippen molar-refractivity contribution in [1.82, 2.24) is 0 Å². The minimum atomic E-state index is -4.58. The molecule has 0 atom stereocenters. The molecule has 1 aromatic carbocycles. The summed E-state index contributed by atoms with van der Waals surface area (Å²) < 4.78 is 51.1. The van der Waals surface area contributed by atoms with Gasteiger partial charge in [-0.2, -0.15) is 13.2 Å². The number of nitrogens with zero attached hydrogens (tertiary/aromatic N) is 1. The predicted octanol–water partition coefficient (Wildman–Crippen LogP) is 2.00. The average Bonchev–Trinajstić information content (AvgIpc) is 2.24. The lowest BCUT2D eigenvalue weighted by atomic mass is 10.2. The largest absolute Gasteiger partial charge is 0.405 e. The summed E-state index contributed by atoms with van der Waals surface area (Å²) in [5.74, 6) is -1.14. The fraction of sp³-hybridized carbons (Fsp3) is 0.400. The smallest absolute Gasteiger partial charge is 0.397 e. The van der Waals surface area contributed by atoms with E-state index in [0.29, 0.717) is 4.90 Å². The van der Waals surface area contributed by atoms with Crippen molar-refractivity contribution in [3.8, 4) is 0 Å². The van der Waals surface area contributed by atoms with E-state index >= 15 is 0 Å². The topological polar surface area (TPSA) is 75.5 Å². The molecule has 4 nitrogen and oxygen atoms in total. The van der Waals surface area contributed by atoms with Crippen LogP contribution in [0.5, 0.6) is 0 Å². The van der Waals surface area contributed by atoms with Gasteiger partial charge < -0.3 is 21.5 Å².